The molecule has 3 rings (SSSR count). The molecule has 8 heteroatoms. The summed E-state index contributed by atoms with van der Waals surface area (Å²) in [6.45, 7) is -0.702. The van der Waals surface area contributed by atoms with Crippen LogP contribution in [0.4, 0.5) is 13.2 Å². The lowest BCUT2D eigenvalue weighted by atomic mass is 9.99. The Labute approximate surface area is 136 Å². The van der Waals surface area contributed by atoms with Gasteiger partial charge in [-0.1, -0.05) is 25.0 Å². The van der Waals surface area contributed by atoms with Crippen LogP contribution in [0, 0.1) is 0 Å². The van der Waals surface area contributed by atoms with Gasteiger partial charge in [-0.05, 0) is 25.0 Å². The molecule has 1 heterocycles. The Morgan fingerprint density at radius 3 is 2.58 bits per heavy atom. The van der Waals surface area contributed by atoms with Gasteiger partial charge in [0, 0.05) is 0 Å². The molecule has 24 heavy (non-hydrogen) atoms. The first-order valence-electron chi connectivity index (χ1n) is 7.79. The maximum absolute atomic E-state index is 13.2. The fraction of sp³-hybridized carbons (Fsp3) is 0.500. The lowest BCUT2D eigenvalue weighted by Gasteiger charge is -2.28. The zero-order valence-electron chi connectivity index (χ0n) is 12.9. The maximum Gasteiger partial charge on any atom is 0.449 e. The molecule has 5 nitrogen and oxygen atoms in total. The minimum Gasteiger partial charge on any atom is -0.394 e. The van der Waals surface area contributed by atoms with Crippen molar-refractivity contribution in [1.82, 2.24) is 14.9 Å². The van der Waals surface area contributed by atoms with Gasteiger partial charge in [-0.3, -0.25) is 4.79 Å². The van der Waals surface area contributed by atoms with Gasteiger partial charge in [0.15, 0.2) is 0 Å². The molecule has 0 radical (unpaired) electrons. The van der Waals surface area contributed by atoms with Gasteiger partial charge in [0.2, 0.25) is 11.7 Å². The summed E-state index contributed by atoms with van der Waals surface area (Å²) in [5, 5.41) is 12.3. The molecule has 2 aromatic rings. The van der Waals surface area contributed by atoms with Crippen LogP contribution in [0.15, 0.2) is 24.3 Å². The molecular weight excluding hydrogens is 323 g/mol. The Hall–Kier alpha value is -2.09. The molecule has 130 valence electrons. The molecule has 1 aromatic heterocycles. The Balaban J connectivity index is 1.90. The number of aliphatic hydroxyl groups is 1. The van der Waals surface area contributed by atoms with Crippen LogP contribution in [-0.2, 0) is 17.5 Å². The van der Waals surface area contributed by atoms with Crippen molar-refractivity contribution >= 4 is 16.9 Å². The number of hydrogen-bond acceptors (Lipinski definition) is 3. The van der Waals surface area contributed by atoms with Gasteiger partial charge in [-0.25, -0.2) is 4.98 Å². The molecule has 0 aliphatic heterocycles. The van der Waals surface area contributed by atoms with Crippen molar-refractivity contribution in [3.05, 3.63) is 30.1 Å². The second-order valence-electron chi connectivity index (χ2n) is 6.20. The first-order chi connectivity index (χ1) is 11.3. The highest BCUT2D eigenvalue weighted by Crippen LogP contribution is 2.32. The fourth-order valence-corrected chi connectivity index (χ4v) is 3.31. The molecule has 0 bridgehead atoms. The summed E-state index contributed by atoms with van der Waals surface area (Å²) < 4.78 is 40.6. The minimum absolute atomic E-state index is 0.190. The van der Waals surface area contributed by atoms with Gasteiger partial charge in [-0.2, -0.15) is 13.2 Å². The van der Waals surface area contributed by atoms with Gasteiger partial charge in [0.05, 0.1) is 23.2 Å². The molecule has 1 saturated carbocycles. The van der Waals surface area contributed by atoms with E-state index in [1.165, 1.54) is 12.1 Å². The molecule has 1 aromatic carbocycles. The average Bonchev–Trinajstić information content (AvgIpc) is 3.13. The number of nitrogens with zero attached hydrogens (tertiary/aromatic N) is 2. The SMILES string of the molecule is O=C(Cn1c(C(F)(F)F)nc2ccccc21)NC1(CO)CCCC1. The summed E-state index contributed by atoms with van der Waals surface area (Å²) >= 11 is 0. The van der Waals surface area contributed by atoms with Crippen molar-refractivity contribution in [3.63, 3.8) is 0 Å². The lowest BCUT2D eigenvalue weighted by molar-refractivity contribution is -0.147. The molecule has 1 amide bonds. The number of carbonyl (C=O) groups excluding carboxylic acids is 1. The highest BCUT2D eigenvalue weighted by Gasteiger charge is 2.39. The number of fused-ring (bicyclic) bond motifs is 1. The number of aliphatic hydroxyl groups excluding tert-OH is 1. The number of aromatic nitrogens is 2. The van der Waals surface area contributed by atoms with Gasteiger partial charge < -0.3 is 15.0 Å². The van der Waals surface area contributed by atoms with Crippen molar-refractivity contribution in [3.8, 4) is 0 Å². The van der Waals surface area contributed by atoms with Crippen LogP contribution in [0.2, 0.25) is 0 Å². The number of carbonyl (C=O) groups is 1. The Morgan fingerprint density at radius 2 is 1.96 bits per heavy atom. The van der Waals surface area contributed by atoms with E-state index < -0.39 is 30.0 Å². The van der Waals surface area contributed by atoms with Crippen molar-refractivity contribution < 1.29 is 23.1 Å². The number of nitrogens with one attached hydrogen (secondary N) is 1. The van der Waals surface area contributed by atoms with E-state index in [2.05, 4.69) is 10.3 Å². The first kappa shape index (κ1) is 16.8. The normalized spacial score (nSPS) is 17.3. The van der Waals surface area contributed by atoms with Crippen molar-refractivity contribution in [2.24, 2.45) is 0 Å². The second kappa shape index (κ2) is 6.08. The molecule has 0 spiro atoms. The number of benzene rings is 1. The van der Waals surface area contributed by atoms with Gasteiger partial charge in [0.1, 0.15) is 6.54 Å². The van der Waals surface area contributed by atoms with E-state index in [1.807, 2.05) is 0 Å². The molecular formula is C16H18F3N3O2. The number of imidazole rings is 1. The lowest BCUT2D eigenvalue weighted by Crippen LogP contribution is -2.50. The number of amides is 1. The molecule has 0 unspecified atom stereocenters. The summed E-state index contributed by atoms with van der Waals surface area (Å²) in [4.78, 5) is 15.9. The molecule has 0 saturated heterocycles. The standard InChI is InChI=1S/C16H18F3N3O2/c17-16(18,19)14-20-11-5-1-2-6-12(11)22(14)9-13(24)21-15(10-23)7-3-4-8-15/h1-2,5-6,23H,3-4,7-10H2,(H,21,24). The van der Waals surface area contributed by atoms with Crippen molar-refractivity contribution in [2.45, 2.75) is 43.9 Å². The number of alkyl halides is 3. The van der Waals surface area contributed by atoms with Crippen LogP contribution >= 0.6 is 0 Å². The number of halogens is 3. The zero-order valence-corrected chi connectivity index (χ0v) is 12.9. The molecule has 0 atom stereocenters. The predicted molar refractivity (Wildman–Crippen MR) is 81.2 cm³/mol. The van der Waals surface area contributed by atoms with E-state index in [4.69, 9.17) is 0 Å². The maximum atomic E-state index is 13.2. The Kier molecular flexibility index (Phi) is 4.25. The molecule has 1 fully saturated rings. The number of rotatable bonds is 4. The third kappa shape index (κ3) is 3.10. The quantitative estimate of drug-likeness (QED) is 0.898. The summed E-state index contributed by atoms with van der Waals surface area (Å²) in [6.07, 6.45) is -1.63. The van der Waals surface area contributed by atoms with E-state index in [0.717, 1.165) is 17.4 Å². The number of para-hydroxylation sites is 2. The van der Waals surface area contributed by atoms with Crippen molar-refractivity contribution in [2.75, 3.05) is 6.61 Å². The van der Waals surface area contributed by atoms with Crippen LogP contribution in [0.5, 0.6) is 0 Å². The average molecular weight is 341 g/mol. The Bertz CT molecular complexity index is 749. The highest BCUT2D eigenvalue weighted by atomic mass is 19.4. The van der Waals surface area contributed by atoms with Gasteiger partial charge in [0.25, 0.3) is 0 Å². The predicted octanol–water partition coefficient (Wildman–Crippen LogP) is 2.48. The van der Waals surface area contributed by atoms with E-state index in [9.17, 15) is 23.1 Å². The molecule has 1 aliphatic carbocycles. The smallest absolute Gasteiger partial charge is 0.394 e. The molecule has 2 N–H and O–H groups in total. The molecule has 1 aliphatic rings. The van der Waals surface area contributed by atoms with E-state index in [1.54, 1.807) is 12.1 Å². The summed E-state index contributed by atoms with van der Waals surface area (Å²) in [5.74, 6) is -1.65. The third-order valence-corrected chi connectivity index (χ3v) is 4.48. The van der Waals surface area contributed by atoms with Crippen LogP contribution in [0.1, 0.15) is 31.5 Å². The van der Waals surface area contributed by atoms with Gasteiger partial charge >= 0.3 is 6.18 Å². The topological polar surface area (TPSA) is 67.2 Å². The number of hydrogen-bond donors (Lipinski definition) is 2. The second-order valence-corrected chi connectivity index (χ2v) is 6.20. The monoisotopic (exact) mass is 341 g/mol. The highest BCUT2D eigenvalue weighted by molar-refractivity contribution is 5.81. The fourth-order valence-electron chi connectivity index (χ4n) is 3.31. The summed E-state index contributed by atoms with van der Waals surface area (Å²) in [6, 6.07) is 6.18. The van der Waals surface area contributed by atoms with Crippen LogP contribution < -0.4 is 5.32 Å². The van der Waals surface area contributed by atoms with Crippen LogP contribution in [-0.4, -0.2) is 32.7 Å². The summed E-state index contributed by atoms with van der Waals surface area (Å²) in [5.41, 5.74) is -0.272. The summed E-state index contributed by atoms with van der Waals surface area (Å²) in [7, 11) is 0. The van der Waals surface area contributed by atoms with Gasteiger partial charge in [-0.15, -0.1) is 0 Å². The van der Waals surface area contributed by atoms with E-state index >= 15 is 0 Å². The van der Waals surface area contributed by atoms with Crippen molar-refractivity contribution in [1.29, 1.82) is 0 Å². The van der Waals surface area contributed by atoms with Crippen LogP contribution in [0.25, 0.3) is 11.0 Å². The first-order valence-corrected chi connectivity index (χ1v) is 7.79. The van der Waals surface area contributed by atoms with Crippen LogP contribution in [0.3, 0.4) is 0 Å². The zero-order chi connectivity index (χ0) is 17.4. The van der Waals surface area contributed by atoms with E-state index in [-0.39, 0.29) is 17.6 Å². The Morgan fingerprint density at radius 1 is 1.29 bits per heavy atom. The largest absolute Gasteiger partial charge is 0.449 e. The third-order valence-electron chi connectivity index (χ3n) is 4.48. The van der Waals surface area contributed by atoms with E-state index in [0.29, 0.717) is 12.8 Å². The minimum atomic E-state index is -4.65.